The molecule has 0 radical (unpaired) electrons. The highest BCUT2D eigenvalue weighted by Crippen LogP contribution is 2.21. The summed E-state index contributed by atoms with van der Waals surface area (Å²) in [7, 11) is 1.99. The third-order valence-corrected chi connectivity index (χ3v) is 3.85. The molecule has 0 aliphatic rings. The van der Waals surface area contributed by atoms with Gasteiger partial charge in [-0.3, -0.25) is 0 Å². The van der Waals surface area contributed by atoms with Gasteiger partial charge in [-0.05, 0) is 44.4 Å². The molecule has 1 atom stereocenters. The molecule has 0 saturated heterocycles. The molecule has 0 amide bonds. The molecule has 0 heterocycles. The molecule has 1 aromatic carbocycles. The first-order valence-electron chi connectivity index (χ1n) is 7.30. The van der Waals surface area contributed by atoms with Crippen LogP contribution in [0.1, 0.15) is 64.1 Å². The van der Waals surface area contributed by atoms with Gasteiger partial charge in [0.1, 0.15) is 0 Å². The molecule has 1 N–H and O–H groups in total. The summed E-state index contributed by atoms with van der Waals surface area (Å²) in [5.74, 6) is 0.581. The first-order chi connectivity index (χ1) is 8.89. The van der Waals surface area contributed by atoms with Crippen molar-refractivity contribution >= 4 is 0 Å². The van der Waals surface area contributed by atoms with E-state index in [-0.39, 0.29) is 11.6 Å². The minimum Gasteiger partial charge on any atom is -0.374 e. The lowest BCUT2D eigenvalue weighted by Gasteiger charge is -2.27. The zero-order valence-electron chi connectivity index (χ0n) is 13.3. The maximum Gasteiger partial charge on any atom is 0.0668 e. The molecule has 0 fully saturated rings. The monoisotopic (exact) mass is 263 g/mol. The standard InChI is InChI=1S/C17H29NO/c1-7-17(4,5)19-12-16(18-6)15-10-8-14(9-11-15)13(2)3/h8-11,13,16,18H,7,12H2,1-6H3. The van der Waals surface area contributed by atoms with E-state index in [1.807, 2.05) is 7.05 Å². The maximum absolute atomic E-state index is 6.00. The lowest BCUT2D eigenvalue weighted by atomic mass is 9.99. The van der Waals surface area contributed by atoms with Gasteiger partial charge >= 0.3 is 0 Å². The zero-order chi connectivity index (χ0) is 14.5. The quantitative estimate of drug-likeness (QED) is 0.793. The number of likely N-dealkylation sites (N-methyl/N-ethyl adjacent to an activating group) is 1. The van der Waals surface area contributed by atoms with E-state index >= 15 is 0 Å². The molecule has 1 aromatic rings. The van der Waals surface area contributed by atoms with Gasteiger partial charge in [-0.2, -0.15) is 0 Å². The minimum atomic E-state index is -0.0486. The van der Waals surface area contributed by atoms with Crippen LogP contribution < -0.4 is 5.32 Å². The molecule has 108 valence electrons. The topological polar surface area (TPSA) is 21.3 Å². The van der Waals surface area contributed by atoms with Crippen LogP contribution >= 0.6 is 0 Å². The van der Waals surface area contributed by atoms with Gasteiger partial charge in [0.05, 0.1) is 18.2 Å². The van der Waals surface area contributed by atoms with Crippen molar-refractivity contribution in [3.05, 3.63) is 35.4 Å². The number of ether oxygens (including phenoxy) is 1. The second kappa shape index (κ2) is 7.06. The van der Waals surface area contributed by atoms with Gasteiger partial charge in [0, 0.05) is 0 Å². The fraction of sp³-hybridized carbons (Fsp3) is 0.647. The number of nitrogens with one attached hydrogen (secondary N) is 1. The molecule has 2 nitrogen and oxygen atoms in total. The van der Waals surface area contributed by atoms with Crippen molar-refractivity contribution in [2.24, 2.45) is 0 Å². The van der Waals surface area contributed by atoms with E-state index in [1.165, 1.54) is 11.1 Å². The van der Waals surface area contributed by atoms with E-state index in [9.17, 15) is 0 Å². The Balaban J connectivity index is 2.69. The molecule has 0 aliphatic heterocycles. The summed E-state index contributed by atoms with van der Waals surface area (Å²) >= 11 is 0. The summed E-state index contributed by atoms with van der Waals surface area (Å²) in [4.78, 5) is 0. The summed E-state index contributed by atoms with van der Waals surface area (Å²) in [6, 6.07) is 9.11. The van der Waals surface area contributed by atoms with Crippen molar-refractivity contribution in [1.29, 1.82) is 0 Å². The Morgan fingerprint density at radius 2 is 1.63 bits per heavy atom. The summed E-state index contributed by atoms with van der Waals surface area (Å²) in [5, 5.41) is 3.34. The molecule has 0 aromatic heterocycles. The molecular weight excluding hydrogens is 234 g/mol. The molecule has 0 bridgehead atoms. The van der Waals surface area contributed by atoms with Crippen LogP contribution in [0.5, 0.6) is 0 Å². The lowest BCUT2D eigenvalue weighted by Crippen LogP contribution is -2.30. The minimum absolute atomic E-state index is 0.0486. The van der Waals surface area contributed by atoms with Crippen molar-refractivity contribution < 1.29 is 4.74 Å². The molecule has 1 rings (SSSR count). The van der Waals surface area contributed by atoms with Crippen LogP contribution in [0.15, 0.2) is 24.3 Å². The van der Waals surface area contributed by atoms with Crippen LogP contribution in [0.25, 0.3) is 0 Å². The highest BCUT2D eigenvalue weighted by atomic mass is 16.5. The fourth-order valence-electron chi connectivity index (χ4n) is 1.87. The molecule has 2 heteroatoms. The van der Waals surface area contributed by atoms with Gasteiger partial charge < -0.3 is 10.1 Å². The number of hydrogen-bond donors (Lipinski definition) is 1. The van der Waals surface area contributed by atoms with E-state index in [2.05, 4.69) is 64.2 Å². The highest BCUT2D eigenvalue weighted by Gasteiger charge is 2.18. The third kappa shape index (κ3) is 4.96. The average Bonchev–Trinajstić information content (AvgIpc) is 2.40. The molecule has 19 heavy (non-hydrogen) atoms. The van der Waals surface area contributed by atoms with E-state index in [0.29, 0.717) is 12.5 Å². The van der Waals surface area contributed by atoms with Gasteiger partial charge in [0.2, 0.25) is 0 Å². The molecule has 0 saturated carbocycles. The highest BCUT2D eigenvalue weighted by molar-refractivity contribution is 5.26. The van der Waals surface area contributed by atoms with Crippen LogP contribution in [0.4, 0.5) is 0 Å². The predicted octanol–water partition coefficient (Wildman–Crippen LogP) is 4.28. The first-order valence-corrected chi connectivity index (χ1v) is 7.30. The van der Waals surface area contributed by atoms with E-state index < -0.39 is 0 Å². The van der Waals surface area contributed by atoms with Gasteiger partial charge in [-0.15, -0.1) is 0 Å². The zero-order valence-corrected chi connectivity index (χ0v) is 13.3. The summed E-state index contributed by atoms with van der Waals surface area (Å²) in [6.07, 6.45) is 1.02. The molecular formula is C17H29NO. The Morgan fingerprint density at radius 3 is 2.05 bits per heavy atom. The molecule has 0 aliphatic carbocycles. The van der Waals surface area contributed by atoms with E-state index in [0.717, 1.165) is 6.42 Å². The number of rotatable bonds is 7. The van der Waals surface area contributed by atoms with Crippen molar-refractivity contribution in [2.75, 3.05) is 13.7 Å². The van der Waals surface area contributed by atoms with Crippen LogP contribution in [0.3, 0.4) is 0 Å². The fourth-order valence-corrected chi connectivity index (χ4v) is 1.87. The van der Waals surface area contributed by atoms with Crippen molar-refractivity contribution in [1.82, 2.24) is 5.32 Å². The lowest BCUT2D eigenvalue weighted by molar-refractivity contribution is -0.0300. The Bertz CT molecular complexity index is 367. The Hall–Kier alpha value is -0.860. The summed E-state index contributed by atoms with van der Waals surface area (Å²) in [6.45, 7) is 11.6. The Morgan fingerprint density at radius 1 is 1.11 bits per heavy atom. The van der Waals surface area contributed by atoms with Crippen LogP contribution in [-0.2, 0) is 4.74 Å². The van der Waals surface area contributed by atoms with Crippen LogP contribution in [0.2, 0.25) is 0 Å². The van der Waals surface area contributed by atoms with Crippen molar-refractivity contribution in [2.45, 2.75) is 58.6 Å². The Kier molecular flexibility index (Phi) is 6.02. The van der Waals surface area contributed by atoms with E-state index in [1.54, 1.807) is 0 Å². The normalized spacial score (nSPS) is 13.8. The van der Waals surface area contributed by atoms with Gasteiger partial charge in [-0.1, -0.05) is 45.0 Å². The van der Waals surface area contributed by atoms with Crippen LogP contribution in [0, 0.1) is 0 Å². The predicted molar refractivity (Wildman–Crippen MR) is 82.7 cm³/mol. The first kappa shape index (κ1) is 16.2. The van der Waals surface area contributed by atoms with Crippen molar-refractivity contribution in [3.63, 3.8) is 0 Å². The molecule has 0 spiro atoms. The van der Waals surface area contributed by atoms with Gasteiger partial charge in [0.25, 0.3) is 0 Å². The summed E-state index contributed by atoms with van der Waals surface area (Å²) in [5.41, 5.74) is 2.62. The summed E-state index contributed by atoms with van der Waals surface area (Å²) < 4.78 is 6.00. The average molecular weight is 263 g/mol. The second-order valence-corrected chi connectivity index (χ2v) is 6.09. The third-order valence-electron chi connectivity index (χ3n) is 3.85. The maximum atomic E-state index is 6.00. The van der Waals surface area contributed by atoms with Gasteiger partial charge in [-0.25, -0.2) is 0 Å². The largest absolute Gasteiger partial charge is 0.374 e. The van der Waals surface area contributed by atoms with Crippen LogP contribution in [-0.4, -0.2) is 19.3 Å². The Labute approximate surface area is 118 Å². The number of benzene rings is 1. The number of hydrogen-bond acceptors (Lipinski definition) is 2. The SMILES string of the molecule is CCC(C)(C)OCC(NC)c1ccc(C(C)C)cc1. The molecule has 1 unspecified atom stereocenters. The van der Waals surface area contributed by atoms with Gasteiger partial charge in [0.15, 0.2) is 0 Å². The second-order valence-electron chi connectivity index (χ2n) is 6.09. The smallest absolute Gasteiger partial charge is 0.0668 e. The van der Waals surface area contributed by atoms with Crippen molar-refractivity contribution in [3.8, 4) is 0 Å². The van der Waals surface area contributed by atoms with E-state index in [4.69, 9.17) is 4.74 Å².